The molecule has 0 aromatic carbocycles. The molecule has 0 aliphatic carbocycles. The van der Waals surface area contributed by atoms with Crippen molar-refractivity contribution in [3.05, 3.63) is 25.3 Å². The largest absolute Gasteiger partial charge is 1.00 e. The van der Waals surface area contributed by atoms with E-state index in [9.17, 15) is 0 Å². The molecule has 0 fully saturated rings. The van der Waals surface area contributed by atoms with E-state index in [2.05, 4.69) is 0 Å². The van der Waals surface area contributed by atoms with Crippen molar-refractivity contribution in [3.8, 4) is 0 Å². The maximum atomic E-state index is 5.17. The number of hydrogen-bond acceptors (Lipinski definition) is 1. The van der Waals surface area contributed by atoms with Crippen LogP contribution in [0.1, 0.15) is 6.92 Å². The zero-order chi connectivity index (χ0) is 6.62. The van der Waals surface area contributed by atoms with Crippen LogP contribution >= 0.6 is 0 Å². The molecule has 0 N–H and O–H groups in total. The van der Waals surface area contributed by atoms with Crippen LogP contribution in [0.2, 0.25) is 0 Å². The predicted octanol–water partition coefficient (Wildman–Crippen LogP) is -4.62. The van der Waals surface area contributed by atoms with Crippen LogP contribution in [0.3, 0.4) is 0 Å². The van der Waals surface area contributed by atoms with Gasteiger partial charge < -0.3 is 17.9 Å². The molecular weight excluding hydrogens is 114 g/mol. The molecule has 0 saturated heterocycles. The van der Waals surface area contributed by atoms with Crippen molar-refractivity contribution in [2.75, 3.05) is 7.11 Å². The number of methoxy groups -OCH3 is 1. The van der Waals surface area contributed by atoms with Crippen molar-refractivity contribution >= 4 is 0 Å². The van der Waals surface area contributed by atoms with Crippen molar-refractivity contribution < 1.29 is 42.5 Å². The van der Waals surface area contributed by atoms with E-state index in [1.165, 1.54) is 12.2 Å². The molecule has 0 aliphatic heterocycles. The Hall–Kier alpha value is 0.635. The second kappa shape index (κ2) is 7.74. The molecule has 0 heterocycles. The van der Waals surface area contributed by atoms with Crippen molar-refractivity contribution in [1.82, 2.24) is 0 Å². The fraction of sp³-hybridized carbons (Fsp3) is 0.429. The molecule has 0 saturated carbocycles. The van der Waals surface area contributed by atoms with Crippen LogP contribution in [0.4, 0.5) is 0 Å². The third kappa shape index (κ3) is 5.42. The first kappa shape index (κ1) is 16.9. The molecule has 0 aliphatic rings. The summed E-state index contributed by atoms with van der Waals surface area (Å²) in [6.07, 6.45) is 2.79. The van der Waals surface area contributed by atoms with E-state index in [1.54, 1.807) is 14.0 Å². The molecule has 10 heavy (non-hydrogen) atoms. The molecular formula is C7H10Li2O. The van der Waals surface area contributed by atoms with Gasteiger partial charge in [-0.3, -0.25) is 0 Å². The number of ether oxygens (including phenoxy) is 1. The van der Waals surface area contributed by atoms with Gasteiger partial charge in [-0.15, -0.1) is 0 Å². The fourth-order valence-corrected chi connectivity index (χ4v) is 0.192. The van der Waals surface area contributed by atoms with Crippen LogP contribution < -0.4 is 37.7 Å². The summed E-state index contributed by atoms with van der Waals surface area (Å²) in [7, 11) is 1.55. The van der Waals surface area contributed by atoms with Gasteiger partial charge in [-0.2, -0.15) is 0 Å². The number of hydrogen-bond donors (Lipinski definition) is 0. The fourth-order valence-electron chi connectivity index (χ4n) is 0.192. The Kier molecular flexibility index (Phi) is 13.1. The Balaban J connectivity index is -0.000000245. The normalized spacial score (nSPS) is 13.4. The molecule has 0 atom stereocenters. The van der Waals surface area contributed by atoms with Crippen molar-refractivity contribution in [1.29, 1.82) is 0 Å². The second-order valence-corrected chi connectivity index (χ2v) is 1.72. The van der Waals surface area contributed by atoms with E-state index in [4.69, 9.17) is 17.9 Å². The van der Waals surface area contributed by atoms with Gasteiger partial charge in [-0.05, 0) is 6.92 Å². The molecule has 0 amide bonds. The van der Waals surface area contributed by atoms with Gasteiger partial charge in [0.2, 0.25) is 0 Å². The molecule has 1 nitrogen and oxygen atoms in total. The topological polar surface area (TPSA) is 9.23 Å². The standard InChI is InChI=1S/C7H10O.2Li/c1-5-7(3,6-2)8-4;;/h1-2,5-6H,3-4H3;;/q-2;2*+1. The SMILES string of the molecule is [CH-]=CC(C)(C=[CH-])OC.[Li+].[Li+]. The summed E-state index contributed by atoms with van der Waals surface area (Å²) in [6, 6.07) is 0. The molecule has 0 unspecified atom stereocenters. The molecule has 0 rings (SSSR count). The minimum Gasteiger partial charge on any atom is -0.515 e. The molecule has 0 radical (unpaired) electrons. The molecule has 3 heteroatoms. The minimum absolute atomic E-state index is 0. The summed E-state index contributed by atoms with van der Waals surface area (Å²) in [6.45, 7) is 12.1. The third-order valence-electron chi connectivity index (χ3n) is 1.10. The maximum Gasteiger partial charge on any atom is 1.00 e. The van der Waals surface area contributed by atoms with Gasteiger partial charge >= 0.3 is 37.7 Å². The van der Waals surface area contributed by atoms with Crippen LogP contribution in [-0.2, 0) is 4.74 Å². The van der Waals surface area contributed by atoms with Gasteiger partial charge in [0.1, 0.15) is 0 Å². The quantitative estimate of drug-likeness (QED) is 0.271. The molecule has 0 spiro atoms. The summed E-state index contributed by atoms with van der Waals surface area (Å²) in [5.41, 5.74) is -0.569. The Labute approximate surface area is 87.3 Å². The first-order chi connectivity index (χ1) is 3.68. The maximum absolute atomic E-state index is 5.17. The van der Waals surface area contributed by atoms with Crippen molar-refractivity contribution in [2.45, 2.75) is 12.5 Å². The predicted molar refractivity (Wildman–Crippen MR) is 33.2 cm³/mol. The number of rotatable bonds is 3. The van der Waals surface area contributed by atoms with Gasteiger partial charge in [0, 0.05) is 12.7 Å². The molecule has 0 aromatic rings. The summed E-state index contributed by atoms with van der Waals surface area (Å²) >= 11 is 0. The van der Waals surface area contributed by atoms with E-state index < -0.39 is 5.60 Å². The zero-order valence-corrected chi connectivity index (χ0v) is 7.22. The molecule has 0 aromatic heterocycles. The van der Waals surface area contributed by atoms with E-state index in [0.717, 1.165) is 0 Å². The monoisotopic (exact) mass is 124 g/mol. The van der Waals surface area contributed by atoms with Gasteiger partial charge in [0.05, 0.1) is 0 Å². The Morgan fingerprint density at radius 3 is 1.50 bits per heavy atom. The summed E-state index contributed by atoms with van der Waals surface area (Å²) in [5, 5.41) is 0. The smallest absolute Gasteiger partial charge is 0.515 e. The first-order valence-electron chi connectivity index (χ1n) is 2.36. The average Bonchev–Trinajstić information content (AvgIpc) is 1.87. The van der Waals surface area contributed by atoms with Crippen LogP contribution in [0.5, 0.6) is 0 Å². The Morgan fingerprint density at radius 2 is 1.50 bits per heavy atom. The summed E-state index contributed by atoms with van der Waals surface area (Å²) in [4.78, 5) is 0. The van der Waals surface area contributed by atoms with Crippen LogP contribution in [0.15, 0.2) is 12.2 Å². The van der Waals surface area contributed by atoms with Crippen molar-refractivity contribution in [2.24, 2.45) is 0 Å². The Morgan fingerprint density at radius 1 is 1.20 bits per heavy atom. The van der Waals surface area contributed by atoms with E-state index in [0.29, 0.717) is 0 Å². The zero-order valence-electron chi connectivity index (χ0n) is 7.22. The first-order valence-corrected chi connectivity index (χ1v) is 2.36. The van der Waals surface area contributed by atoms with E-state index >= 15 is 0 Å². The Bertz CT molecular complexity index is 93.8. The molecule has 46 valence electrons. The van der Waals surface area contributed by atoms with Gasteiger partial charge in [0.15, 0.2) is 0 Å². The third-order valence-corrected chi connectivity index (χ3v) is 1.10. The second-order valence-electron chi connectivity index (χ2n) is 1.72. The van der Waals surface area contributed by atoms with Gasteiger partial charge in [0.25, 0.3) is 0 Å². The van der Waals surface area contributed by atoms with Gasteiger partial charge in [-0.25, -0.2) is 12.2 Å². The molecule has 0 bridgehead atoms. The van der Waals surface area contributed by atoms with E-state index in [1.807, 2.05) is 0 Å². The van der Waals surface area contributed by atoms with Gasteiger partial charge in [-0.1, -0.05) is 0 Å². The van der Waals surface area contributed by atoms with Crippen molar-refractivity contribution in [3.63, 3.8) is 0 Å². The van der Waals surface area contributed by atoms with Crippen LogP contribution in [0, 0.1) is 13.2 Å². The average molecular weight is 124 g/mol. The van der Waals surface area contributed by atoms with E-state index in [-0.39, 0.29) is 37.7 Å². The van der Waals surface area contributed by atoms with Crippen LogP contribution in [-0.4, -0.2) is 12.7 Å². The minimum atomic E-state index is -0.569. The van der Waals surface area contributed by atoms with Crippen LogP contribution in [0.25, 0.3) is 0 Å². The summed E-state index contributed by atoms with van der Waals surface area (Å²) in [5.74, 6) is 0. The summed E-state index contributed by atoms with van der Waals surface area (Å²) < 4.78 is 4.88.